The normalized spacial score (nSPS) is 22.8. The summed E-state index contributed by atoms with van der Waals surface area (Å²) in [7, 11) is 0. The first kappa shape index (κ1) is 12.9. The van der Waals surface area contributed by atoms with E-state index < -0.39 is 0 Å². The van der Waals surface area contributed by atoms with Crippen molar-refractivity contribution in [1.29, 1.82) is 5.26 Å². The SMILES string of the molecule is C[C@@H]1CN(c2ccc(Br)cc2C#N)C[C@H]1C(N)=O. The topological polar surface area (TPSA) is 70.1 Å². The van der Waals surface area contributed by atoms with Gasteiger partial charge < -0.3 is 10.6 Å². The zero-order chi connectivity index (χ0) is 13.3. The molecule has 0 bridgehead atoms. The van der Waals surface area contributed by atoms with E-state index in [1.54, 1.807) is 6.07 Å². The van der Waals surface area contributed by atoms with Crippen LogP contribution in [-0.2, 0) is 4.79 Å². The van der Waals surface area contributed by atoms with E-state index in [1.807, 2.05) is 19.1 Å². The molecule has 1 saturated heterocycles. The van der Waals surface area contributed by atoms with Gasteiger partial charge in [0.25, 0.3) is 0 Å². The quantitative estimate of drug-likeness (QED) is 0.907. The van der Waals surface area contributed by atoms with Crippen molar-refractivity contribution in [1.82, 2.24) is 0 Å². The van der Waals surface area contributed by atoms with Crippen LogP contribution in [0.3, 0.4) is 0 Å². The van der Waals surface area contributed by atoms with Crippen LogP contribution in [-0.4, -0.2) is 19.0 Å². The molecule has 1 aromatic carbocycles. The Labute approximate surface area is 115 Å². The lowest BCUT2D eigenvalue weighted by Crippen LogP contribution is -2.29. The van der Waals surface area contributed by atoms with Crippen molar-refractivity contribution in [3.8, 4) is 6.07 Å². The van der Waals surface area contributed by atoms with E-state index in [-0.39, 0.29) is 17.7 Å². The summed E-state index contributed by atoms with van der Waals surface area (Å²) in [5, 5.41) is 9.16. The summed E-state index contributed by atoms with van der Waals surface area (Å²) in [6.07, 6.45) is 0. The number of carbonyl (C=O) groups excluding carboxylic acids is 1. The smallest absolute Gasteiger partial charge is 0.222 e. The highest BCUT2D eigenvalue weighted by Crippen LogP contribution is 2.31. The molecule has 0 aromatic heterocycles. The third-order valence-corrected chi connectivity index (χ3v) is 3.89. The highest BCUT2D eigenvalue weighted by atomic mass is 79.9. The Hall–Kier alpha value is -1.54. The lowest BCUT2D eigenvalue weighted by atomic mass is 9.98. The summed E-state index contributed by atoms with van der Waals surface area (Å²) in [4.78, 5) is 13.4. The van der Waals surface area contributed by atoms with Gasteiger partial charge in [0, 0.05) is 17.6 Å². The lowest BCUT2D eigenvalue weighted by Gasteiger charge is -2.19. The number of primary amides is 1. The van der Waals surface area contributed by atoms with Gasteiger partial charge in [-0.25, -0.2) is 0 Å². The molecule has 1 aromatic rings. The van der Waals surface area contributed by atoms with Gasteiger partial charge in [-0.15, -0.1) is 0 Å². The van der Waals surface area contributed by atoms with Crippen LogP contribution < -0.4 is 10.6 Å². The van der Waals surface area contributed by atoms with E-state index in [4.69, 9.17) is 11.0 Å². The first-order valence-electron chi connectivity index (χ1n) is 5.77. The summed E-state index contributed by atoms with van der Waals surface area (Å²) in [5.74, 6) is -0.182. The Balaban J connectivity index is 2.29. The lowest BCUT2D eigenvalue weighted by molar-refractivity contribution is -0.122. The number of benzene rings is 1. The van der Waals surface area contributed by atoms with E-state index >= 15 is 0 Å². The molecule has 0 aliphatic carbocycles. The van der Waals surface area contributed by atoms with Crippen LogP contribution in [0.5, 0.6) is 0 Å². The molecule has 1 amide bonds. The Bertz CT molecular complexity index is 523. The third kappa shape index (κ3) is 2.34. The van der Waals surface area contributed by atoms with Gasteiger partial charge in [-0.05, 0) is 24.1 Å². The molecule has 0 radical (unpaired) electrons. The van der Waals surface area contributed by atoms with Crippen molar-refractivity contribution < 1.29 is 4.79 Å². The molecule has 1 heterocycles. The molecule has 2 N–H and O–H groups in total. The predicted molar refractivity (Wildman–Crippen MR) is 72.9 cm³/mol. The fourth-order valence-corrected chi connectivity index (χ4v) is 2.77. The average Bonchev–Trinajstić information content (AvgIpc) is 2.71. The minimum Gasteiger partial charge on any atom is -0.369 e. The molecule has 94 valence electrons. The van der Waals surface area contributed by atoms with Gasteiger partial charge in [0.15, 0.2) is 0 Å². The van der Waals surface area contributed by atoms with E-state index in [0.29, 0.717) is 12.1 Å². The number of nitrogens with two attached hydrogens (primary N) is 1. The monoisotopic (exact) mass is 307 g/mol. The van der Waals surface area contributed by atoms with Gasteiger partial charge in [0.1, 0.15) is 6.07 Å². The van der Waals surface area contributed by atoms with Crippen LogP contribution >= 0.6 is 15.9 Å². The van der Waals surface area contributed by atoms with E-state index in [9.17, 15) is 4.79 Å². The molecule has 1 fully saturated rings. The Kier molecular flexibility index (Phi) is 3.58. The Morgan fingerprint density at radius 2 is 2.28 bits per heavy atom. The van der Waals surface area contributed by atoms with Crippen LogP contribution in [0.1, 0.15) is 12.5 Å². The molecule has 4 nitrogen and oxygen atoms in total. The van der Waals surface area contributed by atoms with Crippen molar-refractivity contribution in [2.24, 2.45) is 17.6 Å². The Morgan fingerprint density at radius 1 is 1.56 bits per heavy atom. The van der Waals surface area contributed by atoms with E-state index in [1.165, 1.54) is 0 Å². The van der Waals surface area contributed by atoms with E-state index in [2.05, 4.69) is 26.9 Å². The average molecular weight is 308 g/mol. The summed E-state index contributed by atoms with van der Waals surface area (Å²) in [6.45, 7) is 3.36. The summed E-state index contributed by atoms with van der Waals surface area (Å²) in [5.41, 5.74) is 6.87. The highest BCUT2D eigenvalue weighted by Gasteiger charge is 2.34. The molecule has 0 unspecified atom stereocenters. The number of halogens is 1. The molecule has 5 heteroatoms. The molecular weight excluding hydrogens is 294 g/mol. The maximum atomic E-state index is 11.3. The number of nitriles is 1. The number of hydrogen-bond acceptors (Lipinski definition) is 3. The van der Waals surface area contributed by atoms with Crippen molar-refractivity contribution in [3.05, 3.63) is 28.2 Å². The molecule has 2 atom stereocenters. The predicted octanol–water partition coefficient (Wildman–Crippen LogP) is 1.88. The number of amides is 1. The summed E-state index contributed by atoms with van der Waals surface area (Å²) < 4.78 is 0.876. The first-order chi connectivity index (χ1) is 8.52. The van der Waals surface area contributed by atoms with Crippen LogP contribution in [0.25, 0.3) is 0 Å². The summed E-state index contributed by atoms with van der Waals surface area (Å²) in [6, 6.07) is 7.78. The largest absolute Gasteiger partial charge is 0.369 e. The molecule has 0 spiro atoms. The number of hydrogen-bond donors (Lipinski definition) is 1. The number of anilines is 1. The van der Waals surface area contributed by atoms with Crippen molar-refractivity contribution in [2.75, 3.05) is 18.0 Å². The highest BCUT2D eigenvalue weighted by molar-refractivity contribution is 9.10. The van der Waals surface area contributed by atoms with Crippen LogP contribution in [0.2, 0.25) is 0 Å². The number of carbonyl (C=O) groups is 1. The second-order valence-corrected chi connectivity index (χ2v) is 5.58. The standard InChI is InChI=1S/C13H14BrN3O/c1-8-6-17(7-11(8)13(16)18)12-3-2-10(14)4-9(12)5-15/h2-4,8,11H,6-7H2,1H3,(H2,16,18)/t8-,11-/m1/s1. The van der Waals surface area contributed by atoms with Crippen LogP contribution in [0, 0.1) is 23.2 Å². The van der Waals surface area contributed by atoms with Crippen molar-refractivity contribution >= 4 is 27.5 Å². The van der Waals surface area contributed by atoms with Gasteiger partial charge in [-0.2, -0.15) is 5.26 Å². The fraction of sp³-hybridized carbons (Fsp3) is 0.385. The van der Waals surface area contributed by atoms with Crippen molar-refractivity contribution in [3.63, 3.8) is 0 Å². The zero-order valence-corrected chi connectivity index (χ0v) is 11.6. The molecule has 2 rings (SSSR count). The van der Waals surface area contributed by atoms with Gasteiger partial charge in [-0.3, -0.25) is 4.79 Å². The molecule has 1 aliphatic heterocycles. The van der Waals surface area contributed by atoms with Gasteiger partial charge in [0.2, 0.25) is 5.91 Å². The van der Waals surface area contributed by atoms with Gasteiger partial charge >= 0.3 is 0 Å². The molecule has 18 heavy (non-hydrogen) atoms. The zero-order valence-electron chi connectivity index (χ0n) is 10.1. The molecule has 0 saturated carbocycles. The first-order valence-corrected chi connectivity index (χ1v) is 6.56. The van der Waals surface area contributed by atoms with Gasteiger partial charge in [-0.1, -0.05) is 22.9 Å². The molecular formula is C13H14BrN3O. The second kappa shape index (κ2) is 4.99. The number of rotatable bonds is 2. The third-order valence-electron chi connectivity index (χ3n) is 3.40. The Morgan fingerprint density at radius 3 is 2.83 bits per heavy atom. The van der Waals surface area contributed by atoms with E-state index in [0.717, 1.165) is 16.7 Å². The van der Waals surface area contributed by atoms with Gasteiger partial charge in [0.05, 0.1) is 17.2 Å². The second-order valence-electron chi connectivity index (χ2n) is 4.66. The van der Waals surface area contributed by atoms with Crippen LogP contribution in [0.15, 0.2) is 22.7 Å². The minimum atomic E-state index is -0.263. The maximum Gasteiger partial charge on any atom is 0.222 e. The maximum absolute atomic E-state index is 11.3. The number of nitrogens with zero attached hydrogens (tertiary/aromatic N) is 2. The molecule has 1 aliphatic rings. The minimum absolute atomic E-state index is 0.139. The fourth-order valence-electron chi connectivity index (χ4n) is 2.41. The van der Waals surface area contributed by atoms with Crippen LogP contribution in [0.4, 0.5) is 5.69 Å². The van der Waals surface area contributed by atoms with Crippen molar-refractivity contribution in [2.45, 2.75) is 6.92 Å². The summed E-state index contributed by atoms with van der Waals surface area (Å²) >= 11 is 3.35.